The Morgan fingerprint density at radius 2 is 1.04 bits per heavy atom. The molecule has 0 radical (unpaired) electrons. The number of rotatable bonds is 9. The van der Waals surface area contributed by atoms with Crippen LogP contribution in [0, 0.1) is 0 Å². The quantitative estimate of drug-likeness (QED) is 0.429. The van der Waals surface area contributed by atoms with Crippen molar-refractivity contribution in [3.63, 3.8) is 0 Å². The molecular formula is C20H22O4Sn. The molecule has 5 heteroatoms. The molecular weight excluding hydrogens is 423 g/mol. The van der Waals surface area contributed by atoms with Gasteiger partial charge in [-0.1, -0.05) is 0 Å². The van der Waals surface area contributed by atoms with Gasteiger partial charge in [-0.15, -0.1) is 0 Å². The van der Waals surface area contributed by atoms with Crippen molar-refractivity contribution in [3.8, 4) is 0 Å². The van der Waals surface area contributed by atoms with E-state index in [-0.39, 0.29) is 34.0 Å². The molecule has 0 fully saturated rings. The molecule has 0 aliphatic carbocycles. The van der Waals surface area contributed by atoms with E-state index in [4.69, 9.17) is 0 Å². The van der Waals surface area contributed by atoms with Gasteiger partial charge in [-0.2, -0.15) is 0 Å². The number of aliphatic carboxylic acids is 2. The average Bonchev–Trinajstić information content (AvgIpc) is 2.61. The van der Waals surface area contributed by atoms with E-state index in [0.29, 0.717) is 12.8 Å². The van der Waals surface area contributed by atoms with Gasteiger partial charge < -0.3 is 19.8 Å². The van der Waals surface area contributed by atoms with Gasteiger partial charge in [0.1, 0.15) is 0 Å². The summed E-state index contributed by atoms with van der Waals surface area (Å²) >= 11 is -0.258. The van der Waals surface area contributed by atoms with Crippen molar-refractivity contribution in [2.24, 2.45) is 0 Å². The first-order valence-corrected chi connectivity index (χ1v) is 12.3. The molecule has 0 N–H and O–H groups in total. The monoisotopic (exact) mass is 446 g/mol. The van der Waals surface area contributed by atoms with E-state index in [1.807, 2.05) is 0 Å². The fourth-order valence-electron chi connectivity index (χ4n) is 2.08. The van der Waals surface area contributed by atoms with Crippen molar-refractivity contribution in [1.29, 1.82) is 0 Å². The number of hydrogen-bond acceptors (Lipinski definition) is 4. The number of benzene rings is 2. The zero-order chi connectivity index (χ0) is 18.3. The molecule has 0 saturated heterocycles. The number of unbranched alkanes of at least 4 members (excludes halogenated alkanes) is 1. The molecule has 2 rings (SSSR count). The summed E-state index contributed by atoms with van der Waals surface area (Å²) < 4.78 is 2.69. The second kappa shape index (κ2) is 13.5. The van der Waals surface area contributed by atoms with Crippen LogP contribution in [-0.2, 0) is 18.5 Å². The molecule has 0 aliphatic rings. The van der Waals surface area contributed by atoms with E-state index in [9.17, 15) is 19.8 Å². The summed E-state index contributed by atoms with van der Waals surface area (Å²) in [7, 11) is 0. The van der Waals surface area contributed by atoms with Crippen LogP contribution in [0.2, 0.25) is 0 Å². The standard InChI is InChI=1S/2C7H7.C6H10O4.Sn/c2*1-7-5-3-2-4-6-7;7-5(8)3-1-2-4-6(9)10;/h2*2-6H,1H2;1-4H2,(H,7,8)(H,9,10);/q;;;+2/p-2. The van der Waals surface area contributed by atoms with E-state index in [0.717, 1.165) is 0 Å². The van der Waals surface area contributed by atoms with Crippen molar-refractivity contribution in [3.05, 3.63) is 71.8 Å². The van der Waals surface area contributed by atoms with Crippen LogP contribution < -0.4 is 10.2 Å². The number of carboxylic acid groups (broad SMARTS) is 2. The molecule has 0 atom stereocenters. The molecule has 4 nitrogen and oxygen atoms in total. The maximum absolute atomic E-state index is 9.77. The average molecular weight is 445 g/mol. The predicted molar refractivity (Wildman–Crippen MR) is 94.5 cm³/mol. The van der Waals surface area contributed by atoms with Gasteiger partial charge in [0.15, 0.2) is 0 Å². The zero-order valence-electron chi connectivity index (χ0n) is 14.1. The first-order chi connectivity index (χ1) is 12.1. The van der Waals surface area contributed by atoms with Crippen molar-refractivity contribution in [2.45, 2.75) is 34.6 Å². The van der Waals surface area contributed by atoms with E-state index < -0.39 is 11.9 Å². The van der Waals surface area contributed by atoms with Crippen LogP contribution in [0.3, 0.4) is 0 Å². The van der Waals surface area contributed by atoms with Crippen LogP contribution in [0.15, 0.2) is 60.7 Å². The third kappa shape index (κ3) is 12.2. The van der Waals surface area contributed by atoms with Gasteiger partial charge in [0.2, 0.25) is 0 Å². The predicted octanol–water partition coefficient (Wildman–Crippen LogP) is 1.14. The second-order valence-corrected chi connectivity index (χ2v) is 8.97. The Kier molecular flexibility index (Phi) is 11.4. The zero-order valence-corrected chi connectivity index (χ0v) is 17.0. The molecule has 2 aromatic rings. The van der Waals surface area contributed by atoms with Gasteiger partial charge in [-0.25, -0.2) is 0 Å². The van der Waals surface area contributed by atoms with Crippen LogP contribution >= 0.6 is 0 Å². The summed E-state index contributed by atoms with van der Waals surface area (Å²) in [6, 6.07) is 21.7. The summed E-state index contributed by atoms with van der Waals surface area (Å²) in [4.78, 5) is 19.5. The Morgan fingerprint density at radius 1 is 0.680 bits per heavy atom. The molecule has 0 heterocycles. The molecule has 2 aromatic carbocycles. The van der Waals surface area contributed by atoms with Crippen LogP contribution in [0.5, 0.6) is 0 Å². The minimum atomic E-state index is -1.14. The summed E-state index contributed by atoms with van der Waals surface area (Å²) in [5.74, 6) is -2.28. The molecule has 0 saturated carbocycles. The third-order valence-corrected chi connectivity index (χ3v) is 7.11. The van der Waals surface area contributed by atoms with Gasteiger partial charge in [0.25, 0.3) is 0 Å². The summed E-state index contributed by atoms with van der Waals surface area (Å²) in [5, 5.41) is 19.5. The molecule has 0 bridgehead atoms. The Bertz CT molecular complexity index is 559. The fourth-order valence-corrected chi connectivity index (χ4v) is 5.43. The van der Waals surface area contributed by atoms with E-state index in [2.05, 4.69) is 60.7 Å². The number of hydrogen-bond donors (Lipinski definition) is 0. The summed E-state index contributed by atoms with van der Waals surface area (Å²) in [6.45, 7) is 0. The molecule has 0 spiro atoms. The van der Waals surface area contributed by atoms with Crippen molar-refractivity contribution >= 4 is 33.1 Å². The van der Waals surface area contributed by atoms with Crippen LogP contribution in [0.1, 0.15) is 36.8 Å². The van der Waals surface area contributed by atoms with Crippen molar-refractivity contribution < 1.29 is 19.8 Å². The maximum atomic E-state index is 9.77. The first-order valence-electron chi connectivity index (χ1n) is 8.26. The number of carbonyl (C=O) groups is 2. The van der Waals surface area contributed by atoms with E-state index in [1.54, 1.807) is 0 Å². The van der Waals surface area contributed by atoms with Crippen LogP contribution in [0.25, 0.3) is 0 Å². The second-order valence-electron chi connectivity index (χ2n) is 5.53. The topological polar surface area (TPSA) is 80.3 Å². The molecule has 25 heavy (non-hydrogen) atoms. The molecule has 0 aromatic heterocycles. The van der Waals surface area contributed by atoms with Gasteiger partial charge in [0.05, 0.1) is 0 Å². The van der Waals surface area contributed by atoms with Gasteiger partial charge >= 0.3 is 102 Å². The van der Waals surface area contributed by atoms with Crippen LogP contribution in [-0.4, -0.2) is 33.1 Å². The van der Waals surface area contributed by atoms with E-state index in [1.165, 1.54) is 20.0 Å². The molecule has 0 unspecified atom stereocenters. The van der Waals surface area contributed by atoms with Crippen molar-refractivity contribution in [2.75, 3.05) is 0 Å². The Hall–Kier alpha value is -1.82. The first kappa shape index (κ1) is 21.2. The number of carbonyl (C=O) groups excluding carboxylic acids is 2. The fraction of sp³-hybridized carbons (Fsp3) is 0.300. The Labute approximate surface area is 159 Å². The van der Waals surface area contributed by atoms with E-state index >= 15 is 0 Å². The molecule has 130 valence electrons. The van der Waals surface area contributed by atoms with Gasteiger partial charge in [-0.3, -0.25) is 0 Å². The molecule has 0 amide bonds. The molecule has 0 aliphatic heterocycles. The van der Waals surface area contributed by atoms with Gasteiger partial charge in [-0.05, 0) is 25.7 Å². The van der Waals surface area contributed by atoms with Crippen LogP contribution in [0.4, 0.5) is 0 Å². The minimum absolute atomic E-state index is 0.0761. The Balaban J connectivity index is 0.000000275. The Morgan fingerprint density at radius 3 is 1.36 bits per heavy atom. The van der Waals surface area contributed by atoms with Crippen molar-refractivity contribution in [1.82, 2.24) is 0 Å². The van der Waals surface area contributed by atoms with Gasteiger partial charge in [0, 0.05) is 11.9 Å². The number of carboxylic acids is 2. The third-order valence-electron chi connectivity index (χ3n) is 3.36. The SMILES string of the molecule is O=C([O-])CCCCC(=O)[O-].c1ccc([CH2][Sn+2][CH2]c2ccccc2)cc1. The normalized spacial score (nSPS) is 9.44. The summed E-state index contributed by atoms with van der Waals surface area (Å²) in [6.07, 6.45) is 0.535. The summed E-state index contributed by atoms with van der Waals surface area (Å²) in [5.41, 5.74) is 3.03.